The van der Waals surface area contributed by atoms with Gasteiger partial charge in [0.15, 0.2) is 11.5 Å². The van der Waals surface area contributed by atoms with Crippen LogP contribution in [0.1, 0.15) is 65.2 Å². The predicted molar refractivity (Wildman–Crippen MR) is 118 cm³/mol. The van der Waals surface area contributed by atoms with Crippen molar-refractivity contribution in [3.63, 3.8) is 0 Å². The largest absolute Gasteiger partial charge is 0.752 e. The van der Waals surface area contributed by atoms with Gasteiger partial charge in [0.1, 0.15) is 0 Å². The van der Waals surface area contributed by atoms with Crippen LogP contribution in [0.15, 0.2) is 36.4 Å². The lowest BCUT2D eigenvalue weighted by Crippen LogP contribution is -2.36. The van der Waals surface area contributed by atoms with Crippen molar-refractivity contribution in [3.05, 3.63) is 46.8 Å². The van der Waals surface area contributed by atoms with Crippen LogP contribution in [-0.2, 0) is 0 Å². The minimum atomic E-state index is -0.110. The van der Waals surface area contributed by atoms with Gasteiger partial charge in [0.05, 0.1) is 0 Å². The third-order valence-electron chi connectivity index (χ3n) is 6.79. The van der Waals surface area contributed by atoms with Gasteiger partial charge in [0.2, 0.25) is 0 Å². The molecule has 2 aliphatic rings. The average molecular weight is 413 g/mol. The molecule has 2 saturated carbocycles. The van der Waals surface area contributed by atoms with E-state index in [1.54, 1.807) is 12.1 Å². The molecule has 2 aromatic rings. The van der Waals surface area contributed by atoms with Crippen molar-refractivity contribution in [2.24, 2.45) is 11.8 Å². The molecule has 0 atom stereocenters. The highest BCUT2D eigenvalue weighted by Gasteiger charge is 2.23. The van der Waals surface area contributed by atoms with E-state index in [4.69, 9.17) is 9.68 Å². The van der Waals surface area contributed by atoms with Crippen LogP contribution >= 0.6 is 0 Å². The molecule has 2 fully saturated rings. The minimum absolute atomic E-state index is 0.110. The van der Waals surface area contributed by atoms with Crippen LogP contribution in [0.25, 0.3) is 10.8 Å². The zero-order chi connectivity index (χ0) is 21.1. The van der Waals surface area contributed by atoms with Crippen molar-refractivity contribution < 1.29 is 9.68 Å². The van der Waals surface area contributed by atoms with Gasteiger partial charge in [-0.3, -0.25) is 0 Å². The molecule has 0 N–H and O–H groups in total. The standard InChI is InChI=1S/C24H32N2O4/c1-17-7-11-19(12-8-17)25(27)29-23-15-16-24(22-6-4-3-5-21(22)23)30-26(28)20-13-9-18(2)10-14-20/h3-6,15-20H,7-14H2,1-2H3/q-2. The summed E-state index contributed by atoms with van der Waals surface area (Å²) in [4.78, 5) is 11.4. The van der Waals surface area contributed by atoms with Gasteiger partial charge in [0, 0.05) is 22.9 Å². The summed E-state index contributed by atoms with van der Waals surface area (Å²) >= 11 is 0. The van der Waals surface area contributed by atoms with Gasteiger partial charge >= 0.3 is 0 Å². The van der Waals surface area contributed by atoms with Crippen molar-refractivity contribution in [2.75, 3.05) is 0 Å². The molecular formula is C24H32N2O4-2. The molecule has 0 radical (unpaired) electrons. The summed E-state index contributed by atoms with van der Waals surface area (Å²) in [6, 6.07) is 10.8. The Kier molecular flexibility index (Phi) is 6.78. The molecule has 2 aliphatic carbocycles. The Morgan fingerprint density at radius 2 is 1.00 bits per heavy atom. The van der Waals surface area contributed by atoms with Crippen LogP contribution < -0.4 is 9.68 Å². The molecule has 0 aromatic heterocycles. The molecule has 4 rings (SSSR count). The van der Waals surface area contributed by atoms with Gasteiger partial charge in [-0.1, -0.05) is 38.1 Å². The van der Waals surface area contributed by atoms with E-state index in [-0.39, 0.29) is 12.1 Å². The van der Waals surface area contributed by atoms with Crippen LogP contribution in [0, 0.1) is 22.3 Å². The molecule has 6 heteroatoms. The first-order valence-corrected chi connectivity index (χ1v) is 11.3. The van der Waals surface area contributed by atoms with Crippen molar-refractivity contribution in [1.29, 1.82) is 0 Å². The summed E-state index contributed by atoms with van der Waals surface area (Å²) in [5.74, 6) is 2.34. The number of hydroxylamine groups is 4. The van der Waals surface area contributed by atoms with Gasteiger partial charge < -0.3 is 20.1 Å². The van der Waals surface area contributed by atoms with E-state index in [0.29, 0.717) is 23.3 Å². The highest BCUT2D eigenvalue weighted by molar-refractivity contribution is 5.93. The van der Waals surface area contributed by atoms with Crippen molar-refractivity contribution in [3.8, 4) is 11.5 Å². The Balaban J connectivity index is 1.48. The van der Waals surface area contributed by atoms with Crippen molar-refractivity contribution in [2.45, 2.75) is 77.3 Å². The third-order valence-corrected chi connectivity index (χ3v) is 6.79. The van der Waals surface area contributed by atoms with E-state index >= 15 is 0 Å². The molecule has 2 aromatic carbocycles. The second-order valence-electron chi connectivity index (χ2n) is 9.19. The Morgan fingerprint density at radius 1 is 0.633 bits per heavy atom. The molecule has 0 spiro atoms. The maximum absolute atomic E-state index is 12.6. The number of nitrogens with zero attached hydrogens (tertiary/aromatic N) is 2. The van der Waals surface area contributed by atoms with Crippen LogP contribution in [0.5, 0.6) is 11.5 Å². The fraction of sp³-hybridized carbons (Fsp3) is 0.583. The predicted octanol–water partition coefficient (Wildman–Crippen LogP) is 6.18. The summed E-state index contributed by atoms with van der Waals surface area (Å²) in [6.45, 7) is 4.46. The monoisotopic (exact) mass is 412 g/mol. The fourth-order valence-corrected chi connectivity index (χ4v) is 4.65. The molecule has 0 saturated heterocycles. The maximum atomic E-state index is 12.6. The lowest BCUT2D eigenvalue weighted by Gasteiger charge is -2.40. The first-order valence-electron chi connectivity index (χ1n) is 11.3. The topological polar surface area (TPSA) is 71.1 Å². The van der Waals surface area contributed by atoms with Crippen molar-refractivity contribution >= 4 is 10.8 Å². The van der Waals surface area contributed by atoms with Gasteiger partial charge in [0.25, 0.3) is 0 Å². The highest BCUT2D eigenvalue weighted by atomic mass is 16.9. The van der Waals surface area contributed by atoms with E-state index in [0.717, 1.165) is 72.6 Å². The molecule has 0 amide bonds. The Labute approximate surface area is 178 Å². The Morgan fingerprint density at radius 3 is 1.37 bits per heavy atom. The summed E-state index contributed by atoms with van der Waals surface area (Å²) < 4.78 is 0. The quantitative estimate of drug-likeness (QED) is 0.527. The van der Waals surface area contributed by atoms with Crippen LogP contribution in [0.2, 0.25) is 0 Å². The minimum Gasteiger partial charge on any atom is -0.752 e. The first kappa shape index (κ1) is 21.4. The molecule has 0 heterocycles. The van der Waals surface area contributed by atoms with Crippen LogP contribution in [0.4, 0.5) is 0 Å². The van der Waals surface area contributed by atoms with Gasteiger partial charge in [-0.25, -0.2) is 10.5 Å². The second-order valence-corrected chi connectivity index (χ2v) is 9.19. The summed E-state index contributed by atoms with van der Waals surface area (Å²) in [5, 5.41) is 28.3. The lowest BCUT2D eigenvalue weighted by molar-refractivity contribution is -0.0625. The van der Waals surface area contributed by atoms with Crippen LogP contribution in [0.3, 0.4) is 0 Å². The lowest BCUT2D eigenvalue weighted by atomic mass is 9.88. The van der Waals surface area contributed by atoms with Gasteiger partial charge in [-0.2, -0.15) is 0 Å². The molecule has 30 heavy (non-hydrogen) atoms. The van der Waals surface area contributed by atoms with Gasteiger partial charge in [-0.05, 0) is 75.3 Å². The fourth-order valence-electron chi connectivity index (χ4n) is 4.65. The van der Waals surface area contributed by atoms with E-state index in [1.807, 2.05) is 24.3 Å². The SMILES string of the molecule is CC1CCC(N([O-])Oc2ccc(ON([O-])C3CCC(C)CC3)c3ccccc23)CC1. The van der Waals surface area contributed by atoms with E-state index in [1.165, 1.54) is 0 Å². The van der Waals surface area contributed by atoms with Crippen LogP contribution in [-0.4, -0.2) is 22.5 Å². The molecule has 6 nitrogen and oxygen atoms in total. The zero-order valence-corrected chi connectivity index (χ0v) is 18.0. The molecule has 164 valence electrons. The van der Waals surface area contributed by atoms with E-state index < -0.39 is 0 Å². The molecular weight excluding hydrogens is 380 g/mol. The smallest absolute Gasteiger partial charge is 0.154 e. The van der Waals surface area contributed by atoms with E-state index in [2.05, 4.69) is 13.8 Å². The molecule has 0 bridgehead atoms. The second kappa shape index (κ2) is 9.52. The Bertz CT molecular complexity index is 761. The molecule has 0 aliphatic heterocycles. The third kappa shape index (κ3) is 4.89. The number of hydrogen-bond donors (Lipinski definition) is 0. The molecule has 0 unspecified atom stereocenters. The number of benzene rings is 2. The normalized spacial score (nSPS) is 27.5. The number of fused-ring (bicyclic) bond motifs is 1. The first-order chi connectivity index (χ1) is 14.5. The average Bonchev–Trinajstić information content (AvgIpc) is 2.76. The van der Waals surface area contributed by atoms with Gasteiger partial charge in [-0.15, -0.1) is 0 Å². The van der Waals surface area contributed by atoms with Crippen molar-refractivity contribution in [1.82, 2.24) is 10.5 Å². The van der Waals surface area contributed by atoms with E-state index in [9.17, 15) is 10.4 Å². The highest BCUT2D eigenvalue weighted by Crippen LogP contribution is 2.36. The number of rotatable bonds is 6. The summed E-state index contributed by atoms with van der Waals surface area (Å²) in [5.41, 5.74) is 0. The number of hydrogen-bond acceptors (Lipinski definition) is 6. The summed E-state index contributed by atoms with van der Waals surface area (Å²) in [7, 11) is 0. The zero-order valence-electron chi connectivity index (χ0n) is 18.0. The maximum Gasteiger partial charge on any atom is 0.154 e. The summed E-state index contributed by atoms with van der Waals surface area (Å²) in [6.07, 6.45) is 7.64. The Hall–Kier alpha value is -1.86.